The van der Waals surface area contributed by atoms with Crippen LogP contribution in [-0.2, 0) is 4.74 Å². The normalized spacial score (nSPS) is 21.3. The zero-order valence-electron chi connectivity index (χ0n) is 13.6. The van der Waals surface area contributed by atoms with Crippen molar-refractivity contribution in [1.82, 2.24) is 0 Å². The highest BCUT2D eigenvalue weighted by molar-refractivity contribution is 4.84. The number of aliphatic hydroxyl groups is 1. The standard InChI is InChI=1S/C18H36O2/c1-2-3-4-5-6-8-11-14-17-18(20-17)15-12-9-7-10-13-16-19/h17-19H,2-16H2,1H3. The fourth-order valence-corrected chi connectivity index (χ4v) is 2.98. The van der Waals surface area contributed by atoms with Crippen molar-refractivity contribution in [1.29, 1.82) is 0 Å². The monoisotopic (exact) mass is 284 g/mol. The second-order valence-corrected chi connectivity index (χ2v) is 6.40. The largest absolute Gasteiger partial charge is 0.396 e. The second-order valence-electron chi connectivity index (χ2n) is 6.40. The van der Waals surface area contributed by atoms with Gasteiger partial charge in [-0.15, -0.1) is 0 Å². The summed E-state index contributed by atoms with van der Waals surface area (Å²) in [6.45, 7) is 2.63. The van der Waals surface area contributed by atoms with Gasteiger partial charge in [-0.3, -0.25) is 0 Å². The van der Waals surface area contributed by atoms with Crippen LogP contribution < -0.4 is 0 Å². The molecule has 0 bridgehead atoms. The highest BCUT2D eigenvalue weighted by Gasteiger charge is 2.36. The third kappa shape index (κ3) is 9.77. The predicted molar refractivity (Wildman–Crippen MR) is 86.1 cm³/mol. The first kappa shape index (κ1) is 18.0. The van der Waals surface area contributed by atoms with Gasteiger partial charge in [-0.1, -0.05) is 77.6 Å². The summed E-state index contributed by atoms with van der Waals surface area (Å²) in [5, 5.41) is 8.70. The summed E-state index contributed by atoms with van der Waals surface area (Å²) in [7, 11) is 0. The Morgan fingerprint density at radius 1 is 0.650 bits per heavy atom. The molecule has 1 N–H and O–H groups in total. The first-order valence-electron chi connectivity index (χ1n) is 9.14. The Balaban J connectivity index is 1.75. The lowest BCUT2D eigenvalue weighted by Crippen LogP contribution is -1.95. The molecule has 1 fully saturated rings. The molecule has 120 valence electrons. The van der Waals surface area contributed by atoms with E-state index < -0.39 is 0 Å². The fourth-order valence-electron chi connectivity index (χ4n) is 2.98. The highest BCUT2D eigenvalue weighted by atomic mass is 16.6. The summed E-state index contributed by atoms with van der Waals surface area (Å²) < 4.78 is 5.75. The zero-order chi connectivity index (χ0) is 14.5. The lowest BCUT2D eigenvalue weighted by atomic mass is 10.0. The van der Waals surface area contributed by atoms with Crippen LogP contribution in [0.15, 0.2) is 0 Å². The minimum atomic E-state index is 0.353. The zero-order valence-corrected chi connectivity index (χ0v) is 13.6. The van der Waals surface area contributed by atoms with Crippen molar-refractivity contribution < 1.29 is 9.84 Å². The van der Waals surface area contributed by atoms with Crippen LogP contribution in [0.2, 0.25) is 0 Å². The molecule has 1 aliphatic heterocycles. The molecule has 0 aromatic heterocycles. The van der Waals surface area contributed by atoms with Crippen LogP contribution in [0.5, 0.6) is 0 Å². The van der Waals surface area contributed by atoms with Crippen molar-refractivity contribution in [3.8, 4) is 0 Å². The quantitative estimate of drug-likeness (QED) is 0.330. The molecule has 0 aliphatic carbocycles. The van der Waals surface area contributed by atoms with Crippen LogP contribution in [-0.4, -0.2) is 23.9 Å². The van der Waals surface area contributed by atoms with Crippen LogP contribution in [0.3, 0.4) is 0 Å². The van der Waals surface area contributed by atoms with Gasteiger partial charge in [0, 0.05) is 6.61 Å². The number of rotatable bonds is 15. The van der Waals surface area contributed by atoms with E-state index in [2.05, 4.69) is 6.92 Å². The summed E-state index contributed by atoms with van der Waals surface area (Å²) in [6.07, 6.45) is 19.6. The van der Waals surface area contributed by atoms with E-state index in [9.17, 15) is 0 Å². The summed E-state index contributed by atoms with van der Waals surface area (Å²) in [4.78, 5) is 0. The SMILES string of the molecule is CCCCCCCCCC1OC1CCCCCCCO. The molecule has 2 nitrogen and oxygen atoms in total. The van der Waals surface area contributed by atoms with Crippen molar-refractivity contribution in [3.05, 3.63) is 0 Å². The van der Waals surface area contributed by atoms with Crippen molar-refractivity contribution in [2.75, 3.05) is 6.61 Å². The van der Waals surface area contributed by atoms with Gasteiger partial charge in [0.05, 0.1) is 12.2 Å². The molecule has 0 amide bonds. The van der Waals surface area contributed by atoms with Crippen molar-refractivity contribution in [3.63, 3.8) is 0 Å². The molecule has 1 saturated heterocycles. The van der Waals surface area contributed by atoms with Crippen molar-refractivity contribution in [2.45, 2.75) is 109 Å². The van der Waals surface area contributed by atoms with E-state index >= 15 is 0 Å². The van der Waals surface area contributed by atoms with Gasteiger partial charge in [-0.05, 0) is 19.3 Å². The molecule has 0 aromatic rings. The molecule has 1 rings (SSSR count). The number of epoxide rings is 1. The van der Waals surface area contributed by atoms with Gasteiger partial charge in [0.25, 0.3) is 0 Å². The lowest BCUT2D eigenvalue weighted by molar-refractivity contribution is 0.282. The van der Waals surface area contributed by atoms with E-state index in [1.165, 1.54) is 83.5 Å². The van der Waals surface area contributed by atoms with Crippen LogP contribution >= 0.6 is 0 Å². The predicted octanol–water partition coefficient (Wildman–Crippen LogP) is 5.23. The second kappa shape index (κ2) is 12.6. The summed E-state index contributed by atoms with van der Waals surface area (Å²) >= 11 is 0. The first-order chi connectivity index (χ1) is 9.88. The van der Waals surface area contributed by atoms with E-state index in [1.54, 1.807) is 0 Å². The van der Waals surface area contributed by atoms with E-state index in [-0.39, 0.29) is 0 Å². The lowest BCUT2D eigenvalue weighted by Gasteiger charge is -2.00. The van der Waals surface area contributed by atoms with E-state index in [4.69, 9.17) is 9.84 Å². The van der Waals surface area contributed by atoms with Gasteiger partial charge < -0.3 is 9.84 Å². The van der Waals surface area contributed by atoms with Crippen LogP contribution in [0.4, 0.5) is 0 Å². The summed E-state index contributed by atoms with van der Waals surface area (Å²) in [5.74, 6) is 0. The molecule has 0 spiro atoms. The first-order valence-corrected chi connectivity index (χ1v) is 9.14. The highest BCUT2D eigenvalue weighted by Crippen LogP contribution is 2.31. The maximum atomic E-state index is 8.70. The Kier molecular flexibility index (Phi) is 11.4. The van der Waals surface area contributed by atoms with Gasteiger partial charge in [-0.2, -0.15) is 0 Å². The summed E-state index contributed by atoms with van der Waals surface area (Å²) in [6, 6.07) is 0. The molecule has 2 atom stereocenters. The van der Waals surface area contributed by atoms with Gasteiger partial charge in [0.2, 0.25) is 0 Å². The third-order valence-corrected chi connectivity index (χ3v) is 4.43. The number of unbranched alkanes of at least 4 members (excludes halogenated alkanes) is 10. The number of hydrogen-bond acceptors (Lipinski definition) is 2. The average molecular weight is 284 g/mol. The molecule has 2 unspecified atom stereocenters. The molecule has 0 aromatic carbocycles. The van der Waals surface area contributed by atoms with Gasteiger partial charge in [0.15, 0.2) is 0 Å². The Bertz CT molecular complexity index is 206. The Morgan fingerprint density at radius 2 is 1.10 bits per heavy atom. The minimum absolute atomic E-state index is 0.353. The topological polar surface area (TPSA) is 32.8 Å². The Morgan fingerprint density at radius 3 is 1.60 bits per heavy atom. The molecule has 1 aliphatic rings. The van der Waals surface area contributed by atoms with E-state index in [1.807, 2.05) is 0 Å². The maximum Gasteiger partial charge on any atom is 0.0841 e. The number of hydrogen-bond donors (Lipinski definition) is 1. The molecular weight excluding hydrogens is 248 g/mol. The van der Waals surface area contributed by atoms with E-state index in [0.29, 0.717) is 18.8 Å². The van der Waals surface area contributed by atoms with Crippen LogP contribution in [0, 0.1) is 0 Å². The molecule has 2 heteroatoms. The molecule has 20 heavy (non-hydrogen) atoms. The number of aliphatic hydroxyl groups excluding tert-OH is 1. The van der Waals surface area contributed by atoms with Gasteiger partial charge in [0.1, 0.15) is 0 Å². The minimum Gasteiger partial charge on any atom is -0.396 e. The van der Waals surface area contributed by atoms with Crippen LogP contribution in [0.1, 0.15) is 96.8 Å². The summed E-state index contributed by atoms with van der Waals surface area (Å²) in [5.41, 5.74) is 0. The molecular formula is C18H36O2. The Labute approximate surface area is 126 Å². The van der Waals surface area contributed by atoms with Crippen molar-refractivity contribution in [2.24, 2.45) is 0 Å². The number of ether oxygens (including phenoxy) is 1. The molecule has 0 radical (unpaired) electrons. The Hall–Kier alpha value is -0.0800. The molecule has 1 heterocycles. The van der Waals surface area contributed by atoms with Gasteiger partial charge in [-0.25, -0.2) is 0 Å². The fraction of sp³-hybridized carbons (Fsp3) is 1.00. The third-order valence-electron chi connectivity index (χ3n) is 4.43. The smallest absolute Gasteiger partial charge is 0.0841 e. The van der Waals surface area contributed by atoms with E-state index in [0.717, 1.165) is 6.42 Å². The maximum absolute atomic E-state index is 8.70. The molecule has 0 saturated carbocycles. The average Bonchev–Trinajstić information content (AvgIpc) is 3.20. The van der Waals surface area contributed by atoms with Gasteiger partial charge >= 0.3 is 0 Å². The van der Waals surface area contributed by atoms with Crippen LogP contribution in [0.25, 0.3) is 0 Å². The van der Waals surface area contributed by atoms with Crippen molar-refractivity contribution >= 4 is 0 Å².